The van der Waals surface area contributed by atoms with E-state index in [9.17, 15) is 20.2 Å². The van der Waals surface area contributed by atoms with Gasteiger partial charge in [0.1, 0.15) is 17.8 Å². The van der Waals surface area contributed by atoms with Crippen molar-refractivity contribution >= 4 is 17.4 Å². The molecule has 0 saturated carbocycles. The zero-order valence-electron chi connectivity index (χ0n) is 13.7. The van der Waals surface area contributed by atoms with Crippen molar-refractivity contribution < 1.29 is 9.72 Å². The molecule has 130 valence electrons. The predicted octanol–water partition coefficient (Wildman–Crippen LogP) is 2.12. The molecule has 0 unspecified atom stereocenters. The van der Waals surface area contributed by atoms with E-state index in [0.717, 1.165) is 0 Å². The molecule has 2 aromatic heterocycles. The van der Waals surface area contributed by atoms with Crippen LogP contribution in [0.2, 0.25) is 0 Å². The molecule has 0 fully saturated rings. The number of hydrogen-bond acceptors (Lipinski definition) is 6. The number of benzene rings is 1. The number of rotatable bonds is 5. The van der Waals surface area contributed by atoms with Crippen molar-refractivity contribution in [1.29, 1.82) is 5.26 Å². The summed E-state index contributed by atoms with van der Waals surface area (Å²) in [5.41, 5.74) is 0.00727. The molecule has 0 aliphatic carbocycles. The fourth-order valence-corrected chi connectivity index (χ4v) is 2.35. The summed E-state index contributed by atoms with van der Waals surface area (Å²) < 4.78 is 2.67. The lowest BCUT2D eigenvalue weighted by Gasteiger charge is -2.08. The fraction of sp³-hybridized carbons (Fsp3) is 0.125. The molecule has 0 aliphatic rings. The van der Waals surface area contributed by atoms with Crippen LogP contribution in [0, 0.1) is 21.4 Å². The summed E-state index contributed by atoms with van der Waals surface area (Å²) in [5.74, 6) is -0.679. The van der Waals surface area contributed by atoms with Crippen molar-refractivity contribution in [2.45, 2.75) is 13.5 Å². The minimum Gasteiger partial charge on any atom is -0.304 e. The van der Waals surface area contributed by atoms with Crippen molar-refractivity contribution in [2.24, 2.45) is 0 Å². The molecule has 26 heavy (non-hydrogen) atoms. The highest BCUT2D eigenvalue weighted by Gasteiger charge is 2.27. The molecular formula is C16H13N7O3. The Morgan fingerprint density at radius 3 is 2.73 bits per heavy atom. The molecule has 10 nitrogen and oxygen atoms in total. The number of nitriles is 1. The maximum absolute atomic E-state index is 12.6. The maximum Gasteiger partial charge on any atom is 0.320 e. The number of nitrogens with one attached hydrogen (secondary N) is 1. The lowest BCUT2D eigenvalue weighted by Crippen LogP contribution is -2.18. The minimum absolute atomic E-state index is 0.115. The number of hydrogen-bond donors (Lipinski definition) is 1. The SMILES string of the molecule is CCn1cc([N+](=O)[O-])c(C(=O)Nc2c(C#N)cnn2-c2ccccc2)n1. The Bertz CT molecular complexity index is 1010. The van der Waals surface area contributed by atoms with Crippen molar-refractivity contribution in [3.63, 3.8) is 0 Å². The van der Waals surface area contributed by atoms with Gasteiger partial charge in [-0.2, -0.15) is 15.5 Å². The highest BCUT2D eigenvalue weighted by atomic mass is 16.6. The first kappa shape index (κ1) is 16.8. The van der Waals surface area contributed by atoms with Crippen molar-refractivity contribution in [3.8, 4) is 11.8 Å². The number of nitrogens with zero attached hydrogens (tertiary/aromatic N) is 6. The first-order chi connectivity index (χ1) is 12.5. The van der Waals surface area contributed by atoms with Crippen LogP contribution in [0.4, 0.5) is 11.5 Å². The summed E-state index contributed by atoms with van der Waals surface area (Å²) in [7, 11) is 0. The van der Waals surface area contributed by atoms with Crippen LogP contribution in [0.3, 0.4) is 0 Å². The van der Waals surface area contributed by atoms with E-state index in [4.69, 9.17) is 0 Å². The molecule has 0 aliphatic heterocycles. The van der Waals surface area contributed by atoms with Crippen LogP contribution in [0.15, 0.2) is 42.7 Å². The second-order valence-electron chi connectivity index (χ2n) is 5.20. The number of para-hydroxylation sites is 1. The molecule has 0 bridgehead atoms. The summed E-state index contributed by atoms with van der Waals surface area (Å²) in [6, 6.07) is 10.8. The Labute approximate surface area is 147 Å². The van der Waals surface area contributed by atoms with Gasteiger partial charge in [0.15, 0.2) is 5.82 Å². The summed E-state index contributed by atoms with van der Waals surface area (Å²) in [5, 5.41) is 31.0. The van der Waals surface area contributed by atoms with Gasteiger partial charge in [0.05, 0.1) is 16.8 Å². The number of amides is 1. The van der Waals surface area contributed by atoms with Crippen LogP contribution in [-0.4, -0.2) is 30.4 Å². The average Bonchev–Trinajstić information content (AvgIpc) is 3.26. The first-order valence-corrected chi connectivity index (χ1v) is 7.62. The van der Waals surface area contributed by atoms with Crippen LogP contribution in [0.5, 0.6) is 0 Å². The summed E-state index contributed by atoms with van der Waals surface area (Å²) in [6.45, 7) is 2.12. The number of aryl methyl sites for hydroxylation is 1. The third-order valence-electron chi connectivity index (χ3n) is 3.60. The van der Waals surface area contributed by atoms with Gasteiger partial charge in [0.25, 0.3) is 5.91 Å². The first-order valence-electron chi connectivity index (χ1n) is 7.62. The van der Waals surface area contributed by atoms with Crippen LogP contribution in [0.1, 0.15) is 23.0 Å². The van der Waals surface area contributed by atoms with Crippen LogP contribution in [-0.2, 0) is 6.54 Å². The molecule has 0 spiro atoms. The van der Waals surface area contributed by atoms with Crippen molar-refractivity contribution in [3.05, 3.63) is 64.1 Å². The number of carbonyl (C=O) groups excluding carboxylic acids is 1. The molecule has 3 rings (SSSR count). The Kier molecular flexibility index (Phi) is 4.44. The molecule has 0 saturated heterocycles. The monoisotopic (exact) mass is 351 g/mol. The number of carbonyl (C=O) groups is 1. The lowest BCUT2D eigenvalue weighted by molar-refractivity contribution is -0.385. The second kappa shape index (κ2) is 6.86. The van der Waals surface area contributed by atoms with E-state index in [0.29, 0.717) is 12.2 Å². The Hall–Kier alpha value is -4.00. The van der Waals surface area contributed by atoms with E-state index < -0.39 is 16.5 Å². The van der Waals surface area contributed by atoms with Gasteiger partial charge in [-0.3, -0.25) is 19.6 Å². The summed E-state index contributed by atoms with van der Waals surface area (Å²) in [6.07, 6.45) is 2.50. The third-order valence-corrected chi connectivity index (χ3v) is 3.60. The molecule has 1 aromatic carbocycles. The molecule has 1 amide bonds. The Morgan fingerprint density at radius 2 is 2.12 bits per heavy atom. The van der Waals surface area contributed by atoms with Crippen LogP contribution in [0.25, 0.3) is 5.69 Å². The molecule has 0 radical (unpaired) electrons. The Balaban J connectivity index is 2.01. The van der Waals surface area contributed by atoms with E-state index in [2.05, 4.69) is 15.5 Å². The topological polar surface area (TPSA) is 132 Å². The van der Waals surface area contributed by atoms with E-state index in [1.165, 1.54) is 21.8 Å². The van der Waals surface area contributed by atoms with Gasteiger partial charge in [-0.15, -0.1) is 0 Å². The van der Waals surface area contributed by atoms with E-state index in [1.807, 2.05) is 12.1 Å². The quantitative estimate of drug-likeness (QED) is 0.553. The summed E-state index contributed by atoms with van der Waals surface area (Å²) in [4.78, 5) is 23.1. The molecule has 2 heterocycles. The van der Waals surface area contributed by atoms with Crippen LogP contribution >= 0.6 is 0 Å². The second-order valence-corrected chi connectivity index (χ2v) is 5.20. The molecule has 1 N–H and O–H groups in total. The zero-order valence-corrected chi connectivity index (χ0v) is 13.7. The van der Waals surface area contributed by atoms with Gasteiger partial charge in [-0.25, -0.2) is 4.68 Å². The number of anilines is 1. The lowest BCUT2D eigenvalue weighted by atomic mass is 10.3. The molecule has 0 atom stereocenters. The number of aromatic nitrogens is 4. The predicted molar refractivity (Wildman–Crippen MR) is 90.8 cm³/mol. The van der Waals surface area contributed by atoms with Gasteiger partial charge in [-0.05, 0) is 19.1 Å². The third kappa shape index (κ3) is 3.01. The zero-order chi connectivity index (χ0) is 18.7. The highest BCUT2D eigenvalue weighted by Crippen LogP contribution is 2.22. The van der Waals surface area contributed by atoms with Crippen molar-refractivity contribution in [1.82, 2.24) is 19.6 Å². The number of nitro groups is 1. The van der Waals surface area contributed by atoms with E-state index in [-0.39, 0.29) is 17.1 Å². The van der Waals surface area contributed by atoms with Gasteiger partial charge < -0.3 is 5.32 Å². The van der Waals surface area contributed by atoms with Gasteiger partial charge in [0, 0.05) is 6.54 Å². The van der Waals surface area contributed by atoms with Gasteiger partial charge in [0.2, 0.25) is 5.69 Å². The molecule has 10 heteroatoms. The smallest absolute Gasteiger partial charge is 0.304 e. The van der Waals surface area contributed by atoms with Crippen molar-refractivity contribution in [2.75, 3.05) is 5.32 Å². The molecular weight excluding hydrogens is 338 g/mol. The average molecular weight is 351 g/mol. The van der Waals surface area contributed by atoms with E-state index >= 15 is 0 Å². The normalized spacial score (nSPS) is 10.3. The standard InChI is InChI=1S/C16H13N7O3/c1-2-21-10-13(23(25)26)14(20-21)16(24)19-15-11(8-17)9-18-22(15)12-6-4-3-5-7-12/h3-7,9-10H,2H2,1H3,(H,19,24). The summed E-state index contributed by atoms with van der Waals surface area (Å²) >= 11 is 0. The Morgan fingerprint density at radius 1 is 1.38 bits per heavy atom. The van der Waals surface area contributed by atoms with E-state index in [1.54, 1.807) is 31.2 Å². The highest BCUT2D eigenvalue weighted by molar-refractivity contribution is 6.05. The minimum atomic E-state index is -0.793. The molecule has 3 aromatic rings. The van der Waals surface area contributed by atoms with Gasteiger partial charge in [-0.1, -0.05) is 18.2 Å². The largest absolute Gasteiger partial charge is 0.320 e. The van der Waals surface area contributed by atoms with Gasteiger partial charge >= 0.3 is 5.69 Å². The maximum atomic E-state index is 12.6. The van der Waals surface area contributed by atoms with Crippen LogP contribution < -0.4 is 5.32 Å². The fourth-order valence-electron chi connectivity index (χ4n) is 2.35.